The first-order valence-electron chi connectivity index (χ1n) is 8.34. The highest BCUT2D eigenvalue weighted by atomic mass is 32.2. The normalized spacial score (nSPS) is 11.6. The maximum atomic E-state index is 12.8. The van der Waals surface area contributed by atoms with E-state index in [0.29, 0.717) is 21.8 Å². The molecule has 0 atom stereocenters. The van der Waals surface area contributed by atoms with Gasteiger partial charge in [-0.05, 0) is 24.6 Å². The molecule has 2 aromatic rings. The number of nitrogens with zero attached hydrogens (tertiary/aromatic N) is 2. The predicted molar refractivity (Wildman–Crippen MR) is 107 cm³/mol. The van der Waals surface area contributed by atoms with Crippen molar-refractivity contribution in [2.45, 2.75) is 31.1 Å². The van der Waals surface area contributed by atoms with E-state index in [0.717, 1.165) is 12.8 Å². The van der Waals surface area contributed by atoms with Crippen molar-refractivity contribution in [1.82, 2.24) is 9.29 Å². The van der Waals surface area contributed by atoms with Gasteiger partial charge >= 0.3 is 0 Å². The number of aromatic nitrogens is 1. The van der Waals surface area contributed by atoms with Crippen molar-refractivity contribution in [3.05, 3.63) is 43.5 Å². The quantitative estimate of drug-likeness (QED) is 0.623. The van der Waals surface area contributed by atoms with Crippen LogP contribution in [0.25, 0.3) is 10.2 Å². The lowest BCUT2D eigenvalue weighted by molar-refractivity contribution is -0.116. The van der Waals surface area contributed by atoms with Gasteiger partial charge in [-0.25, -0.2) is 13.4 Å². The number of hydrogen-bond donors (Lipinski definition) is 1. The molecule has 0 radical (unpaired) electrons. The lowest BCUT2D eigenvalue weighted by Gasteiger charge is -2.18. The number of benzene rings is 1. The Morgan fingerprint density at radius 1 is 1.31 bits per heavy atom. The van der Waals surface area contributed by atoms with Crippen LogP contribution in [0, 0.1) is 0 Å². The van der Waals surface area contributed by atoms with Gasteiger partial charge in [-0.15, -0.1) is 13.2 Å². The summed E-state index contributed by atoms with van der Waals surface area (Å²) in [6.45, 7) is 9.63. The van der Waals surface area contributed by atoms with Gasteiger partial charge in [0, 0.05) is 19.5 Å². The molecular formula is C18H23N3O3S2. The second-order valence-corrected chi connectivity index (χ2v) is 8.67. The fourth-order valence-electron chi connectivity index (χ4n) is 2.35. The van der Waals surface area contributed by atoms with Gasteiger partial charge in [0.15, 0.2) is 5.13 Å². The average molecular weight is 394 g/mol. The number of carbonyl (C=O) groups is 1. The van der Waals surface area contributed by atoms with E-state index in [1.54, 1.807) is 12.1 Å². The number of carbonyl (C=O) groups excluding carboxylic acids is 1. The zero-order valence-corrected chi connectivity index (χ0v) is 16.4. The summed E-state index contributed by atoms with van der Waals surface area (Å²) >= 11 is 1.26. The van der Waals surface area contributed by atoms with Crippen molar-refractivity contribution in [3.8, 4) is 0 Å². The summed E-state index contributed by atoms with van der Waals surface area (Å²) in [5.41, 5.74) is 0.652. The monoisotopic (exact) mass is 393 g/mol. The van der Waals surface area contributed by atoms with Gasteiger partial charge in [-0.1, -0.05) is 36.8 Å². The van der Waals surface area contributed by atoms with Gasteiger partial charge in [0.05, 0.1) is 15.1 Å². The highest BCUT2D eigenvalue weighted by Crippen LogP contribution is 2.29. The summed E-state index contributed by atoms with van der Waals surface area (Å²) < 4.78 is 27.6. The van der Waals surface area contributed by atoms with Gasteiger partial charge in [0.2, 0.25) is 15.9 Å². The number of sulfonamides is 1. The van der Waals surface area contributed by atoms with Crippen molar-refractivity contribution in [2.75, 3.05) is 18.4 Å². The zero-order valence-electron chi connectivity index (χ0n) is 14.8. The average Bonchev–Trinajstić information content (AvgIpc) is 3.00. The highest BCUT2D eigenvalue weighted by Gasteiger charge is 2.23. The molecule has 26 heavy (non-hydrogen) atoms. The molecule has 6 nitrogen and oxygen atoms in total. The second kappa shape index (κ2) is 9.07. The molecule has 0 fully saturated rings. The Kier molecular flexibility index (Phi) is 7.07. The number of thiazole rings is 1. The van der Waals surface area contributed by atoms with Crippen LogP contribution < -0.4 is 5.32 Å². The van der Waals surface area contributed by atoms with Crippen LogP contribution >= 0.6 is 11.3 Å². The number of unbranched alkanes of at least 4 members (excludes halogenated alkanes) is 1. The van der Waals surface area contributed by atoms with Gasteiger partial charge in [0.25, 0.3) is 0 Å². The number of hydrogen-bond acceptors (Lipinski definition) is 5. The maximum absolute atomic E-state index is 12.8. The third kappa shape index (κ3) is 4.78. The minimum Gasteiger partial charge on any atom is -0.302 e. The van der Waals surface area contributed by atoms with E-state index in [2.05, 4.69) is 23.5 Å². The molecule has 0 aliphatic rings. The molecule has 1 N–H and O–H groups in total. The number of fused-ring (bicyclic) bond motifs is 1. The SMILES string of the molecule is C=CCN(CC=C)S(=O)(=O)c1ccc2nc(NC(=O)CCCC)sc2c1. The van der Waals surface area contributed by atoms with Crippen LogP contribution in [0.5, 0.6) is 0 Å². The summed E-state index contributed by atoms with van der Waals surface area (Å²) in [7, 11) is -3.66. The number of nitrogens with one attached hydrogen (secondary N) is 1. The first kappa shape index (κ1) is 20.3. The van der Waals surface area contributed by atoms with Crippen LogP contribution in [0.2, 0.25) is 0 Å². The summed E-state index contributed by atoms with van der Waals surface area (Å²) in [6, 6.07) is 4.77. The Morgan fingerprint density at radius 2 is 2.00 bits per heavy atom. The Bertz CT molecular complexity index is 894. The molecule has 0 bridgehead atoms. The molecule has 140 valence electrons. The zero-order chi connectivity index (χ0) is 19.2. The molecular weight excluding hydrogens is 370 g/mol. The van der Waals surface area contributed by atoms with Crippen LogP contribution in [-0.4, -0.2) is 36.7 Å². The van der Waals surface area contributed by atoms with Crippen LogP contribution in [0.1, 0.15) is 26.2 Å². The Morgan fingerprint density at radius 3 is 2.62 bits per heavy atom. The molecule has 0 spiro atoms. The van der Waals surface area contributed by atoms with Gasteiger partial charge in [0.1, 0.15) is 0 Å². The topological polar surface area (TPSA) is 79.4 Å². The molecule has 1 amide bonds. The lowest BCUT2D eigenvalue weighted by atomic mass is 10.2. The molecule has 1 aromatic heterocycles. The van der Waals surface area contributed by atoms with Crippen LogP contribution in [0.4, 0.5) is 5.13 Å². The second-order valence-electron chi connectivity index (χ2n) is 5.70. The van der Waals surface area contributed by atoms with Crippen LogP contribution in [0.3, 0.4) is 0 Å². The maximum Gasteiger partial charge on any atom is 0.243 e. The fraction of sp³-hybridized carbons (Fsp3) is 0.333. The van der Waals surface area contributed by atoms with Crippen LogP contribution in [-0.2, 0) is 14.8 Å². The van der Waals surface area contributed by atoms with E-state index in [9.17, 15) is 13.2 Å². The first-order valence-corrected chi connectivity index (χ1v) is 10.6. The molecule has 2 rings (SSSR count). The van der Waals surface area contributed by atoms with Crippen molar-refractivity contribution in [2.24, 2.45) is 0 Å². The number of anilines is 1. The van der Waals surface area contributed by atoms with Crippen molar-refractivity contribution >= 4 is 42.6 Å². The summed E-state index contributed by atoms with van der Waals surface area (Å²) in [5, 5.41) is 3.25. The molecule has 0 unspecified atom stereocenters. The lowest BCUT2D eigenvalue weighted by Crippen LogP contribution is -2.31. The number of amides is 1. The largest absolute Gasteiger partial charge is 0.302 e. The van der Waals surface area contributed by atoms with Crippen molar-refractivity contribution in [3.63, 3.8) is 0 Å². The smallest absolute Gasteiger partial charge is 0.243 e. The molecule has 1 heterocycles. The van der Waals surface area contributed by atoms with Gasteiger partial charge in [-0.3, -0.25) is 4.79 Å². The van der Waals surface area contributed by atoms with E-state index < -0.39 is 10.0 Å². The van der Waals surface area contributed by atoms with E-state index in [4.69, 9.17) is 0 Å². The van der Waals surface area contributed by atoms with E-state index in [-0.39, 0.29) is 23.9 Å². The molecule has 8 heteroatoms. The van der Waals surface area contributed by atoms with Gasteiger partial charge < -0.3 is 5.32 Å². The minimum atomic E-state index is -3.66. The fourth-order valence-corrected chi connectivity index (χ4v) is 4.75. The Balaban J connectivity index is 2.29. The van der Waals surface area contributed by atoms with Crippen LogP contribution in [0.15, 0.2) is 48.4 Å². The molecule has 0 saturated carbocycles. The minimum absolute atomic E-state index is 0.0816. The highest BCUT2D eigenvalue weighted by molar-refractivity contribution is 7.89. The summed E-state index contributed by atoms with van der Waals surface area (Å²) in [4.78, 5) is 16.4. The molecule has 0 aliphatic heterocycles. The van der Waals surface area contributed by atoms with Gasteiger partial charge in [-0.2, -0.15) is 4.31 Å². The molecule has 0 saturated heterocycles. The van der Waals surface area contributed by atoms with Crippen molar-refractivity contribution in [1.29, 1.82) is 0 Å². The standard InChI is InChI=1S/C18H23N3O3S2/c1-4-7-8-17(22)20-18-19-15-10-9-14(13-16(15)25-18)26(23,24)21(11-5-2)12-6-3/h5-6,9-10,13H,2-4,7-8,11-12H2,1H3,(H,19,20,22). The van der Waals surface area contributed by atoms with E-state index >= 15 is 0 Å². The molecule has 1 aromatic carbocycles. The number of rotatable bonds is 10. The summed E-state index contributed by atoms with van der Waals surface area (Å²) in [5.74, 6) is -0.0816. The van der Waals surface area contributed by atoms with Crippen molar-refractivity contribution < 1.29 is 13.2 Å². The van der Waals surface area contributed by atoms with E-state index in [1.165, 1.54) is 33.9 Å². The first-order chi connectivity index (χ1) is 12.4. The molecule has 0 aliphatic carbocycles. The van der Waals surface area contributed by atoms with E-state index in [1.807, 2.05) is 6.92 Å². The Labute approximate surface area is 158 Å². The summed E-state index contributed by atoms with van der Waals surface area (Å²) in [6.07, 6.45) is 5.29. The third-order valence-corrected chi connectivity index (χ3v) is 6.43. The Hall–Kier alpha value is -2.03. The third-order valence-electron chi connectivity index (χ3n) is 3.67. The predicted octanol–water partition coefficient (Wildman–Crippen LogP) is 3.79.